The van der Waals surface area contributed by atoms with E-state index in [1.807, 2.05) is 11.8 Å². The Morgan fingerprint density at radius 1 is 1.28 bits per heavy atom. The number of hydrogen-bond acceptors (Lipinski definition) is 2. The van der Waals surface area contributed by atoms with Gasteiger partial charge in [-0.15, -0.1) is 0 Å². The van der Waals surface area contributed by atoms with E-state index < -0.39 is 0 Å². The van der Waals surface area contributed by atoms with Crippen molar-refractivity contribution in [2.24, 2.45) is 16.3 Å². The zero-order valence-electron chi connectivity index (χ0n) is 11.8. The first-order valence-electron chi connectivity index (χ1n) is 7.55. The summed E-state index contributed by atoms with van der Waals surface area (Å²) < 4.78 is 0. The number of aliphatic imine (C=N–C) groups is 1. The molecule has 3 heteroatoms. The molecular formula is C15H26N2S. The number of nitrogens with one attached hydrogen (secondary N) is 1. The van der Waals surface area contributed by atoms with Gasteiger partial charge in [-0.25, -0.2) is 0 Å². The van der Waals surface area contributed by atoms with Crippen LogP contribution in [0.2, 0.25) is 0 Å². The molecule has 2 saturated carbocycles. The summed E-state index contributed by atoms with van der Waals surface area (Å²) in [7, 11) is 0. The normalized spacial score (nSPS) is 40.8. The van der Waals surface area contributed by atoms with Gasteiger partial charge in [0.05, 0.1) is 0 Å². The van der Waals surface area contributed by atoms with Crippen LogP contribution in [0, 0.1) is 11.3 Å². The number of thioether (sulfide) groups is 1. The third kappa shape index (κ3) is 2.56. The van der Waals surface area contributed by atoms with Crippen LogP contribution in [-0.2, 0) is 0 Å². The second kappa shape index (κ2) is 4.73. The minimum absolute atomic E-state index is 0.399. The lowest BCUT2D eigenvalue weighted by molar-refractivity contribution is 0.173. The zero-order valence-corrected chi connectivity index (χ0v) is 12.6. The van der Waals surface area contributed by atoms with Crippen LogP contribution in [0.15, 0.2) is 4.99 Å². The van der Waals surface area contributed by atoms with Crippen LogP contribution in [0.5, 0.6) is 0 Å². The van der Waals surface area contributed by atoms with Crippen LogP contribution >= 0.6 is 11.8 Å². The van der Waals surface area contributed by atoms with E-state index in [2.05, 4.69) is 19.2 Å². The molecule has 3 fully saturated rings. The molecular weight excluding hydrogens is 240 g/mol. The van der Waals surface area contributed by atoms with Gasteiger partial charge in [0, 0.05) is 17.8 Å². The van der Waals surface area contributed by atoms with Gasteiger partial charge in [0.25, 0.3) is 0 Å². The first-order chi connectivity index (χ1) is 8.59. The highest BCUT2D eigenvalue weighted by molar-refractivity contribution is 8.14. The van der Waals surface area contributed by atoms with E-state index in [0.717, 1.165) is 12.5 Å². The SMILES string of the molecule is CC1CCC2(CC1)CSC(=NCC1(C)CCC1)N2. The maximum absolute atomic E-state index is 4.85. The molecule has 0 amide bonds. The Balaban J connectivity index is 1.56. The van der Waals surface area contributed by atoms with Crippen LogP contribution in [-0.4, -0.2) is 23.0 Å². The molecule has 18 heavy (non-hydrogen) atoms. The van der Waals surface area contributed by atoms with Crippen LogP contribution in [0.4, 0.5) is 0 Å². The molecule has 0 unspecified atom stereocenters. The fourth-order valence-corrected chi connectivity index (χ4v) is 4.59. The molecule has 2 aliphatic carbocycles. The molecule has 0 radical (unpaired) electrons. The van der Waals surface area contributed by atoms with Gasteiger partial charge in [-0.2, -0.15) is 0 Å². The fourth-order valence-electron chi connectivity index (χ4n) is 3.38. The number of nitrogens with zero attached hydrogens (tertiary/aromatic N) is 1. The van der Waals surface area contributed by atoms with E-state index in [1.54, 1.807) is 0 Å². The molecule has 1 spiro atoms. The molecule has 0 atom stereocenters. The quantitative estimate of drug-likeness (QED) is 0.821. The summed E-state index contributed by atoms with van der Waals surface area (Å²) in [6.07, 6.45) is 9.62. The molecule has 3 aliphatic rings. The van der Waals surface area contributed by atoms with E-state index in [-0.39, 0.29) is 0 Å². The number of hydrogen-bond donors (Lipinski definition) is 1. The van der Waals surface area contributed by atoms with Crippen LogP contribution in [0.25, 0.3) is 0 Å². The Bertz CT molecular complexity index is 338. The molecule has 1 aliphatic heterocycles. The van der Waals surface area contributed by atoms with Crippen molar-refractivity contribution in [2.45, 2.75) is 64.3 Å². The van der Waals surface area contributed by atoms with Gasteiger partial charge in [-0.05, 0) is 49.9 Å². The lowest BCUT2D eigenvalue weighted by Gasteiger charge is -2.37. The van der Waals surface area contributed by atoms with E-state index in [1.165, 1.54) is 55.9 Å². The number of rotatable bonds is 2. The lowest BCUT2D eigenvalue weighted by atomic mass is 9.71. The van der Waals surface area contributed by atoms with Gasteiger partial charge < -0.3 is 5.32 Å². The molecule has 0 aromatic heterocycles. The van der Waals surface area contributed by atoms with Gasteiger partial charge in [0.15, 0.2) is 5.17 Å². The van der Waals surface area contributed by atoms with Crippen LogP contribution in [0.1, 0.15) is 58.8 Å². The van der Waals surface area contributed by atoms with Crippen LogP contribution < -0.4 is 5.32 Å². The predicted molar refractivity (Wildman–Crippen MR) is 80.2 cm³/mol. The van der Waals surface area contributed by atoms with Crippen molar-refractivity contribution in [3.8, 4) is 0 Å². The summed E-state index contributed by atoms with van der Waals surface area (Å²) in [5.41, 5.74) is 0.919. The highest BCUT2D eigenvalue weighted by atomic mass is 32.2. The van der Waals surface area contributed by atoms with Crippen molar-refractivity contribution >= 4 is 16.9 Å². The Labute approximate surface area is 115 Å². The van der Waals surface area contributed by atoms with Gasteiger partial charge >= 0.3 is 0 Å². The zero-order chi connectivity index (χ0) is 12.6. The van der Waals surface area contributed by atoms with Gasteiger partial charge in [0.1, 0.15) is 0 Å². The van der Waals surface area contributed by atoms with Gasteiger partial charge in [0.2, 0.25) is 0 Å². The predicted octanol–water partition coefficient (Wildman–Crippen LogP) is 3.82. The Hall–Kier alpha value is -0.180. The molecule has 0 aromatic carbocycles. The molecule has 2 nitrogen and oxygen atoms in total. The molecule has 0 aromatic rings. The van der Waals surface area contributed by atoms with Crippen molar-refractivity contribution in [3.05, 3.63) is 0 Å². The Morgan fingerprint density at radius 3 is 2.61 bits per heavy atom. The summed E-state index contributed by atoms with van der Waals surface area (Å²) in [4.78, 5) is 4.85. The van der Waals surface area contributed by atoms with Gasteiger partial charge in [-0.3, -0.25) is 4.99 Å². The van der Waals surface area contributed by atoms with Crippen molar-refractivity contribution in [2.75, 3.05) is 12.3 Å². The maximum Gasteiger partial charge on any atom is 0.157 e. The standard InChI is InChI=1S/C15H26N2S/c1-12-4-8-15(9-5-12)11-18-13(17-15)16-10-14(2)6-3-7-14/h12H,3-11H2,1-2H3,(H,16,17). The monoisotopic (exact) mass is 266 g/mol. The van der Waals surface area contributed by atoms with Crippen molar-refractivity contribution in [1.29, 1.82) is 0 Å². The third-order valence-corrected chi connectivity index (χ3v) is 6.46. The summed E-state index contributed by atoms with van der Waals surface area (Å²) >= 11 is 1.96. The first kappa shape index (κ1) is 12.8. The largest absolute Gasteiger partial charge is 0.359 e. The molecule has 3 rings (SSSR count). The second-order valence-electron chi connectivity index (χ2n) is 7.16. The van der Waals surface area contributed by atoms with E-state index in [9.17, 15) is 0 Å². The maximum atomic E-state index is 4.85. The average molecular weight is 266 g/mol. The lowest BCUT2D eigenvalue weighted by Crippen LogP contribution is -2.46. The molecule has 1 heterocycles. The minimum Gasteiger partial charge on any atom is -0.359 e. The Kier molecular flexibility index (Phi) is 3.38. The summed E-state index contributed by atoms with van der Waals surface area (Å²) in [5.74, 6) is 2.17. The fraction of sp³-hybridized carbons (Fsp3) is 0.933. The molecule has 0 bridgehead atoms. The second-order valence-corrected chi connectivity index (χ2v) is 8.13. The highest BCUT2D eigenvalue weighted by Crippen LogP contribution is 2.42. The van der Waals surface area contributed by atoms with E-state index in [4.69, 9.17) is 4.99 Å². The molecule has 1 saturated heterocycles. The topological polar surface area (TPSA) is 24.4 Å². The van der Waals surface area contributed by atoms with Crippen molar-refractivity contribution < 1.29 is 0 Å². The smallest absolute Gasteiger partial charge is 0.157 e. The van der Waals surface area contributed by atoms with E-state index >= 15 is 0 Å². The van der Waals surface area contributed by atoms with Gasteiger partial charge in [-0.1, -0.05) is 32.0 Å². The summed E-state index contributed by atoms with van der Waals surface area (Å²) in [5, 5.41) is 4.99. The summed E-state index contributed by atoms with van der Waals surface area (Å²) in [6.45, 7) is 5.81. The van der Waals surface area contributed by atoms with Crippen molar-refractivity contribution in [1.82, 2.24) is 5.32 Å². The third-order valence-electron chi connectivity index (χ3n) is 5.25. The van der Waals surface area contributed by atoms with E-state index in [0.29, 0.717) is 11.0 Å². The van der Waals surface area contributed by atoms with Crippen molar-refractivity contribution in [3.63, 3.8) is 0 Å². The molecule has 102 valence electrons. The molecule has 1 N–H and O–H groups in total. The number of amidine groups is 1. The summed E-state index contributed by atoms with van der Waals surface area (Å²) in [6, 6.07) is 0. The first-order valence-corrected chi connectivity index (χ1v) is 8.53. The van der Waals surface area contributed by atoms with Crippen LogP contribution in [0.3, 0.4) is 0 Å². The highest BCUT2D eigenvalue weighted by Gasteiger charge is 2.40. The minimum atomic E-state index is 0.399. The average Bonchev–Trinajstić information content (AvgIpc) is 2.72. The Morgan fingerprint density at radius 2 is 2.00 bits per heavy atom.